The van der Waals surface area contributed by atoms with Crippen LogP contribution < -0.4 is 14.8 Å². The monoisotopic (exact) mass is 382 g/mol. The van der Waals surface area contributed by atoms with Gasteiger partial charge in [0.05, 0.1) is 31.0 Å². The van der Waals surface area contributed by atoms with Crippen LogP contribution in [0.25, 0.3) is 0 Å². The third-order valence-corrected chi connectivity index (χ3v) is 4.67. The number of anilines is 1. The van der Waals surface area contributed by atoms with Crippen molar-refractivity contribution in [2.75, 3.05) is 19.5 Å². The summed E-state index contributed by atoms with van der Waals surface area (Å²) in [7, 11) is 3.01. The van der Waals surface area contributed by atoms with Crippen LogP contribution in [-0.4, -0.2) is 42.9 Å². The second kappa shape index (κ2) is 7.72. The third kappa shape index (κ3) is 3.31. The predicted octanol–water partition coefficient (Wildman–Crippen LogP) is 2.96. The average molecular weight is 382 g/mol. The minimum Gasteiger partial charge on any atom is -0.497 e. The van der Waals surface area contributed by atoms with Gasteiger partial charge < -0.3 is 14.8 Å². The molecule has 0 aliphatic carbocycles. The molecule has 1 N–H and O–H groups in total. The van der Waals surface area contributed by atoms with Gasteiger partial charge in [-0.15, -0.1) is 0 Å². The molecule has 0 bridgehead atoms. The van der Waals surface area contributed by atoms with E-state index in [2.05, 4.69) is 5.32 Å². The predicted molar refractivity (Wildman–Crippen MR) is 104 cm³/mol. The van der Waals surface area contributed by atoms with E-state index in [9.17, 15) is 14.4 Å². The highest BCUT2D eigenvalue weighted by atomic mass is 16.5. The first-order valence-corrected chi connectivity index (χ1v) is 8.88. The number of methoxy groups -OCH3 is 2. The number of ether oxygens (including phenoxy) is 2. The zero-order valence-electron chi connectivity index (χ0n) is 16.2. The van der Waals surface area contributed by atoms with Crippen LogP contribution in [0.4, 0.5) is 5.69 Å². The highest BCUT2D eigenvalue weighted by Gasteiger charge is 2.44. The number of imide groups is 1. The van der Waals surface area contributed by atoms with Crippen molar-refractivity contribution in [3.05, 3.63) is 53.6 Å². The summed E-state index contributed by atoms with van der Waals surface area (Å²) >= 11 is 0. The van der Waals surface area contributed by atoms with Gasteiger partial charge in [0, 0.05) is 6.07 Å². The van der Waals surface area contributed by atoms with Crippen LogP contribution in [0.15, 0.2) is 42.5 Å². The summed E-state index contributed by atoms with van der Waals surface area (Å²) in [5, 5.41) is 2.77. The average Bonchev–Trinajstić information content (AvgIpc) is 2.93. The summed E-state index contributed by atoms with van der Waals surface area (Å²) in [6, 6.07) is 10.6. The number of nitrogens with zero attached hydrogens (tertiary/aromatic N) is 1. The standard InChI is InChI=1S/C21H22N2O5/c1-12(2)18(23-20(25)14-7-5-6-8-15(14)21(23)26)19(24)22-16-10-9-13(27-3)11-17(16)28-4/h5-12,18H,1-4H3,(H,22,24). The zero-order chi connectivity index (χ0) is 20.4. The molecule has 7 heteroatoms. The highest BCUT2D eigenvalue weighted by molar-refractivity contribution is 6.23. The Hall–Kier alpha value is -3.35. The zero-order valence-corrected chi connectivity index (χ0v) is 16.2. The molecule has 1 aliphatic rings. The van der Waals surface area contributed by atoms with Crippen molar-refractivity contribution in [1.29, 1.82) is 0 Å². The number of nitrogens with one attached hydrogen (secondary N) is 1. The Morgan fingerprint density at radius 3 is 2.07 bits per heavy atom. The molecule has 3 amide bonds. The van der Waals surface area contributed by atoms with Crippen LogP contribution in [-0.2, 0) is 4.79 Å². The molecule has 28 heavy (non-hydrogen) atoms. The van der Waals surface area contributed by atoms with Gasteiger partial charge in [-0.1, -0.05) is 26.0 Å². The van der Waals surface area contributed by atoms with Crippen LogP contribution in [0.2, 0.25) is 0 Å². The summed E-state index contributed by atoms with van der Waals surface area (Å²) in [6.07, 6.45) is 0. The molecule has 2 aromatic rings. The van der Waals surface area contributed by atoms with Crippen LogP contribution in [0.1, 0.15) is 34.6 Å². The van der Waals surface area contributed by atoms with Crippen LogP contribution in [0.3, 0.4) is 0 Å². The number of fused-ring (bicyclic) bond motifs is 1. The van der Waals surface area contributed by atoms with Crippen LogP contribution in [0, 0.1) is 5.92 Å². The molecular formula is C21H22N2O5. The van der Waals surface area contributed by atoms with E-state index in [1.807, 2.05) is 0 Å². The molecule has 2 aromatic carbocycles. The van der Waals surface area contributed by atoms with Crippen molar-refractivity contribution in [2.45, 2.75) is 19.9 Å². The van der Waals surface area contributed by atoms with E-state index in [1.165, 1.54) is 14.2 Å². The first-order valence-electron chi connectivity index (χ1n) is 8.88. The lowest BCUT2D eigenvalue weighted by molar-refractivity contribution is -0.121. The molecule has 146 valence electrons. The van der Waals surface area contributed by atoms with Crippen molar-refractivity contribution in [2.24, 2.45) is 5.92 Å². The van der Waals surface area contributed by atoms with Crippen molar-refractivity contribution in [3.63, 3.8) is 0 Å². The first kappa shape index (κ1) is 19.4. The van der Waals surface area contributed by atoms with Crippen molar-refractivity contribution in [3.8, 4) is 11.5 Å². The van der Waals surface area contributed by atoms with Crippen LogP contribution >= 0.6 is 0 Å². The van der Waals surface area contributed by atoms with Gasteiger partial charge in [0.15, 0.2) is 0 Å². The minimum absolute atomic E-state index is 0.286. The lowest BCUT2D eigenvalue weighted by Crippen LogP contribution is -2.50. The Bertz CT molecular complexity index is 903. The van der Waals surface area contributed by atoms with E-state index in [-0.39, 0.29) is 5.92 Å². The largest absolute Gasteiger partial charge is 0.497 e. The van der Waals surface area contributed by atoms with E-state index in [1.54, 1.807) is 56.3 Å². The number of amides is 3. The Morgan fingerprint density at radius 1 is 0.964 bits per heavy atom. The summed E-state index contributed by atoms with van der Waals surface area (Å²) < 4.78 is 10.5. The smallest absolute Gasteiger partial charge is 0.262 e. The maximum atomic E-state index is 13.1. The van der Waals surface area contributed by atoms with E-state index >= 15 is 0 Å². The lowest BCUT2D eigenvalue weighted by atomic mass is 10.0. The topological polar surface area (TPSA) is 84.9 Å². The van der Waals surface area contributed by atoms with Gasteiger partial charge in [-0.25, -0.2) is 0 Å². The molecule has 0 fully saturated rings. The molecular weight excluding hydrogens is 360 g/mol. The Morgan fingerprint density at radius 2 is 1.57 bits per heavy atom. The van der Waals surface area contributed by atoms with Gasteiger partial charge in [0.1, 0.15) is 17.5 Å². The molecule has 0 aromatic heterocycles. The minimum atomic E-state index is -0.959. The fraction of sp³-hybridized carbons (Fsp3) is 0.286. The summed E-state index contributed by atoms with van der Waals surface area (Å²) in [6.45, 7) is 3.58. The lowest BCUT2D eigenvalue weighted by Gasteiger charge is -2.28. The SMILES string of the molecule is COc1ccc(NC(=O)C(C(C)C)N2C(=O)c3ccccc3C2=O)c(OC)c1. The second-order valence-corrected chi connectivity index (χ2v) is 6.77. The molecule has 3 rings (SSSR count). The molecule has 1 unspecified atom stereocenters. The Labute approximate surface area is 163 Å². The number of hydrogen-bond acceptors (Lipinski definition) is 5. The van der Waals surface area contributed by atoms with E-state index < -0.39 is 23.8 Å². The van der Waals surface area contributed by atoms with Crippen molar-refractivity contribution < 1.29 is 23.9 Å². The molecule has 0 radical (unpaired) electrons. The Kier molecular flexibility index (Phi) is 5.35. The van der Waals surface area contributed by atoms with Crippen molar-refractivity contribution in [1.82, 2.24) is 4.90 Å². The van der Waals surface area contributed by atoms with Gasteiger partial charge >= 0.3 is 0 Å². The van der Waals surface area contributed by atoms with Gasteiger partial charge in [-0.3, -0.25) is 19.3 Å². The van der Waals surface area contributed by atoms with E-state index in [0.717, 1.165) is 4.90 Å². The van der Waals surface area contributed by atoms with Gasteiger partial charge in [-0.2, -0.15) is 0 Å². The summed E-state index contributed by atoms with van der Waals surface area (Å²) in [5.74, 6) is -0.681. The molecule has 0 saturated carbocycles. The fourth-order valence-electron chi connectivity index (χ4n) is 3.29. The van der Waals surface area contributed by atoms with E-state index in [4.69, 9.17) is 9.47 Å². The summed E-state index contributed by atoms with van der Waals surface area (Å²) in [4.78, 5) is 39.7. The maximum Gasteiger partial charge on any atom is 0.262 e. The molecule has 1 heterocycles. The number of carbonyl (C=O) groups is 3. The number of rotatable bonds is 6. The van der Waals surface area contributed by atoms with Gasteiger partial charge in [0.25, 0.3) is 11.8 Å². The molecule has 1 atom stereocenters. The van der Waals surface area contributed by atoms with Gasteiger partial charge in [0.2, 0.25) is 5.91 Å². The maximum absolute atomic E-state index is 13.1. The van der Waals surface area contributed by atoms with Crippen LogP contribution in [0.5, 0.6) is 11.5 Å². The normalized spacial score (nSPS) is 14.1. The fourth-order valence-corrected chi connectivity index (χ4v) is 3.29. The molecule has 7 nitrogen and oxygen atoms in total. The quantitative estimate of drug-likeness (QED) is 0.777. The highest BCUT2D eigenvalue weighted by Crippen LogP contribution is 2.31. The second-order valence-electron chi connectivity index (χ2n) is 6.77. The Balaban J connectivity index is 1.91. The van der Waals surface area contributed by atoms with Crippen molar-refractivity contribution >= 4 is 23.4 Å². The van der Waals surface area contributed by atoms with Gasteiger partial charge in [-0.05, 0) is 30.2 Å². The number of hydrogen-bond donors (Lipinski definition) is 1. The summed E-state index contributed by atoms with van der Waals surface area (Å²) in [5.41, 5.74) is 1.05. The first-order chi connectivity index (χ1) is 13.4. The van der Waals surface area contributed by atoms with E-state index in [0.29, 0.717) is 28.3 Å². The molecule has 0 saturated heterocycles. The molecule has 0 spiro atoms. The number of carbonyl (C=O) groups excluding carboxylic acids is 3. The molecule has 1 aliphatic heterocycles. The third-order valence-electron chi connectivity index (χ3n) is 4.67. The number of benzene rings is 2.